The van der Waals surface area contributed by atoms with Gasteiger partial charge >= 0.3 is 0 Å². The van der Waals surface area contributed by atoms with Crippen LogP contribution in [0.5, 0.6) is 0 Å². The van der Waals surface area contributed by atoms with Crippen LogP contribution < -0.4 is 15.8 Å². The summed E-state index contributed by atoms with van der Waals surface area (Å²) < 4.78 is 8.70. The van der Waals surface area contributed by atoms with E-state index < -0.39 is 0 Å². The van der Waals surface area contributed by atoms with Gasteiger partial charge in [-0.05, 0) is 69.9 Å². The van der Waals surface area contributed by atoms with Gasteiger partial charge in [0.2, 0.25) is 5.88 Å². The van der Waals surface area contributed by atoms with Crippen LogP contribution in [-0.2, 0) is 11.2 Å². The summed E-state index contributed by atoms with van der Waals surface area (Å²) in [5, 5.41) is 4.29. The highest BCUT2D eigenvalue weighted by Gasteiger charge is 2.23. The molecule has 2 heterocycles. The summed E-state index contributed by atoms with van der Waals surface area (Å²) in [6.45, 7) is 6.53. The molecule has 37 heavy (non-hydrogen) atoms. The van der Waals surface area contributed by atoms with Crippen molar-refractivity contribution in [3.05, 3.63) is 52.2 Å². The molecular formula is C26H37N7O2S2. The van der Waals surface area contributed by atoms with Crippen molar-refractivity contribution in [3.8, 4) is 0 Å². The van der Waals surface area contributed by atoms with Gasteiger partial charge in [-0.15, -0.1) is 11.3 Å². The summed E-state index contributed by atoms with van der Waals surface area (Å²) in [5.41, 5.74) is 7.49. The normalized spacial score (nSPS) is 14.5. The lowest BCUT2D eigenvalue weighted by Gasteiger charge is -2.19. The molecule has 2 aromatic rings. The minimum absolute atomic E-state index is 0.193. The summed E-state index contributed by atoms with van der Waals surface area (Å²) in [7, 11) is 0. The van der Waals surface area contributed by atoms with Crippen LogP contribution in [0.25, 0.3) is 0 Å². The predicted molar refractivity (Wildman–Crippen MR) is 154 cm³/mol. The Morgan fingerprint density at radius 3 is 2.95 bits per heavy atom. The Balaban J connectivity index is 1.61. The smallest absolute Gasteiger partial charge is 0.280 e. The van der Waals surface area contributed by atoms with Crippen LogP contribution in [0.3, 0.4) is 0 Å². The zero-order valence-electron chi connectivity index (χ0n) is 21.4. The van der Waals surface area contributed by atoms with Crippen molar-refractivity contribution in [1.82, 2.24) is 15.3 Å². The molecule has 200 valence electrons. The minimum atomic E-state index is -0.194. The number of carbonyl (C=O) groups is 1. The number of aliphatic imine (C=N–C) groups is 2. The maximum absolute atomic E-state index is 13.1. The van der Waals surface area contributed by atoms with Crippen molar-refractivity contribution in [2.24, 2.45) is 15.7 Å². The highest BCUT2D eigenvalue weighted by molar-refractivity contribution is 8.01. The van der Waals surface area contributed by atoms with Gasteiger partial charge in [-0.1, -0.05) is 19.3 Å². The number of nitrogens with one attached hydrogen (secondary N) is 2. The molecule has 4 N–H and O–H groups in total. The fraction of sp³-hybridized carbons (Fsp3) is 0.500. The van der Waals surface area contributed by atoms with Crippen molar-refractivity contribution < 1.29 is 9.53 Å². The highest BCUT2D eigenvalue weighted by Crippen LogP contribution is 2.34. The first-order valence-corrected chi connectivity index (χ1v) is 14.5. The Bertz CT molecular complexity index is 1050. The number of thiazole rings is 1. The molecule has 2 aromatic heterocycles. The molecule has 0 spiro atoms. The molecule has 1 aliphatic carbocycles. The number of hydrogen-bond donors (Lipinski definition) is 3. The Labute approximate surface area is 227 Å². The summed E-state index contributed by atoms with van der Waals surface area (Å²) in [5.74, 6) is 0.179. The second-order valence-electron chi connectivity index (χ2n) is 8.63. The molecule has 11 heteroatoms. The van der Waals surface area contributed by atoms with E-state index in [2.05, 4.69) is 36.7 Å². The number of unbranched alkanes of at least 4 members (excludes halogenated alkanes) is 3. The van der Waals surface area contributed by atoms with Gasteiger partial charge in [0.25, 0.3) is 5.91 Å². The Morgan fingerprint density at radius 1 is 1.35 bits per heavy atom. The number of hydrogen-bond acceptors (Lipinski definition) is 10. The lowest BCUT2D eigenvalue weighted by atomic mass is 10.0. The zero-order chi connectivity index (χ0) is 26.3. The van der Waals surface area contributed by atoms with Crippen molar-refractivity contribution >= 4 is 47.8 Å². The molecule has 1 aliphatic rings. The van der Waals surface area contributed by atoms with Gasteiger partial charge in [-0.2, -0.15) is 0 Å². The van der Waals surface area contributed by atoms with E-state index in [0.717, 1.165) is 48.4 Å². The number of nitrogens with two attached hydrogens (primary N) is 1. The lowest BCUT2D eigenvalue weighted by Crippen LogP contribution is -2.29. The van der Waals surface area contributed by atoms with E-state index in [0.29, 0.717) is 35.7 Å². The van der Waals surface area contributed by atoms with Crippen molar-refractivity contribution in [2.45, 2.75) is 69.6 Å². The number of nitrogens with zero attached hydrogens (tertiary/aromatic N) is 4. The summed E-state index contributed by atoms with van der Waals surface area (Å²) in [6, 6.07) is 3.80. The SMILES string of the molecule is C=N/C(=C\N=CCc1cnc(C(=O)NC(CCCCCCN)c2cc(NSC3CC3)ccn2)s1)OCC. The van der Waals surface area contributed by atoms with Crippen molar-refractivity contribution in [2.75, 3.05) is 17.9 Å². The molecular weight excluding hydrogens is 506 g/mol. The van der Waals surface area contributed by atoms with Crippen LogP contribution in [0.2, 0.25) is 0 Å². The van der Waals surface area contributed by atoms with Gasteiger partial charge < -0.3 is 20.5 Å². The standard InChI is InChI=1S/C26H37N7O2S2/c1-3-35-24(28-2)18-29-14-12-21-17-31-26(36-21)25(34)32-22(8-6-4-5-7-13-27)23-16-19(11-15-30-23)33-37-20-9-10-20/h11,14-18,20,22H,2-10,12-13,27H2,1H3,(H,30,33)(H,32,34)/b24-18+,29-14?. The third-order valence-electron chi connectivity index (χ3n) is 5.54. The van der Waals surface area contributed by atoms with Gasteiger partial charge in [-0.3, -0.25) is 14.8 Å². The summed E-state index contributed by atoms with van der Waals surface area (Å²) in [4.78, 5) is 30.9. The van der Waals surface area contributed by atoms with Crippen LogP contribution in [-0.4, -0.2) is 47.2 Å². The number of ether oxygens (including phenoxy) is 1. The second kappa shape index (κ2) is 16.2. The van der Waals surface area contributed by atoms with Gasteiger partial charge in [0.1, 0.15) is 0 Å². The van der Waals surface area contributed by atoms with Gasteiger partial charge in [0, 0.05) is 40.8 Å². The molecule has 3 rings (SSSR count). The average molecular weight is 544 g/mol. The van der Waals surface area contributed by atoms with E-state index in [1.807, 2.05) is 19.1 Å². The lowest BCUT2D eigenvalue weighted by molar-refractivity contribution is 0.0932. The molecule has 0 aromatic carbocycles. The number of aromatic nitrogens is 2. The maximum Gasteiger partial charge on any atom is 0.280 e. The number of rotatable bonds is 18. The van der Waals surface area contributed by atoms with Crippen molar-refractivity contribution in [1.29, 1.82) is 0 Å². The Kier molecular flexibility index (Phi) is 12.6. The van der Waals surface area contributed by atoms with E-state index in [9.17, 15) is 4.79 Å². The molecule has 9 nitrogen and oxygen atoms in total. The van der Waals surface area contributed by atoms with Crippen LogP contribution in [0.4, 0.5) is 5.69 Å². The minimum Gasteiger partial charge on any atom is -0.477 e. The van der Waals surface area contributed by atoms with Gasteiger partial charge in [-0.25, -0.2) is 9.98 Å². The number of anilines is 1. The molecule has 1 saturated carbocycles. The number of carbonyl (C=O) groups excluding carboxylic acids is 1. The fourth-order valence-corrected chi connectivity index (χ4v) is 5.01. The first-order chi connectivity index (χ1) is 18.1. The fourth-order valence-electron chi connectivity index (χ4n) is 3.44. The van der Waals surface area contributed by atoms with E-state index in [1.165, 1.54) is 30.4 Å². The maximum atomic E-state index is 13.1. The van der Waals surface area contributed by atoms with Crippen LogP contribution in [0.15, 0.2) is 46.6 Å². The van der Waals surface area contributed by atoms with E-state index >= 15 is 0 Å². The second-order valence-corrected chi connectivity index (χ2v) is 10.9. The van der Waals surface area contributed by atoms with Gasteiger partial charge in [0.05, 0.1) is 24.5 Å². The van der Waals surface area contributed by atoms with Crippen LogP contribution in [0.1, 0.15) is 78.3 Å². The average Bonchev–Trinajstić information content (AvgIpc) is 3.63. The molecule has 1 unspecified atom stereocenters. The Hall–Kier alpha value is -2.76. The zero-order valence-corrected chi connectivity index (χ0v) is 23.0. The molecule has 0 aliphatic heterocycles. The van der Waals surface area contributed by atoms with Crippen LogP contribution in [0, 0.1) is 0 Å². The van der Waals surface area contributed by atoms with Gasteiger partial charge in [0.15, 0.2) is 5.01 Å². The molecule has 0 bridgehead atoms. The molecule has 0 radical (unpaired) electrons. The van der Waals surface area contributed by atoms with E-state index in [-0.39, 0.29) is 11.9 Å². The third-order valence-corrected chi connectivity index (χ3v) is 7.71. The molecule has 1 fully saturated rings. The number of pyridine rings is 1. The number of amides is 1. The first kappa shape index (κ1) is 28.8. The highest BCUT2D eigenvalue weighted by atomic mass is 32.2. The molecule has 0 saturated heterocycles. The molecule has 1 amide bonds. The third kappa shape index (κ3) is 10.6. The first-order valence-electron chi connectivity index (χ1n) is 12.8. The quantitative estimate of drug-likeness (QED) is 0.101. The largest absolute Gasteiger partial charge is 0.477 e. The predicted octanol–water partition coefficient (Wildman–Crippen LogP) is 5.29. The van der Waals surface area contributed by atoms with E-state index in [1.54, 1.807) is 30.6 Å². The van der Waals surface area contributed by atoms with Crippen molar-refractivity contribution in [3.63, 3.8) is 0 Å². The van der Waals surface area contributed by atoms with E-state index in [4.69, 9.17) is 10.5 Å². The Morgan fingerprint density at radius 2 is 2.19 bits per heavy atom. The summed E-state index contributed by atoms with van der Waals surface area (Å²) >= 11 is 3.11. The van der Waals surface area contributed by atoms with Crippen LogP contribution >= 0.6 is 23.3 Å². The monoisotopic (exact) mass is 543 g/mol. The summed E-state index contributed by atoms with van der Waals surface area (Å²) in [6.07, 6.45) is 14.8. The topological polar surface area (TPSA) is 127 Å². The molecule has 1 atom stereocenters.